The Labute approximate surface area is 206 Å². The van der Waals surface area contributed by atoms with Gasteiger partial charge >= 0.3 is 5.97 Å². The van der Waals surface area contributed by atoms with Gasteiger partial charge in [-0.15, -0.1) is 0 Å². The standard InChI is InChI=1S/C26H26N6O4/c1-5-32-22(11-17(30-32)14-6-7-14)29-25-24-15-9-21(35-4)16(23-12(2)31-36-13(23)3)8-18(15)27-19(24)10-20(28-25)26(33)34/h8-11,14,27H,5-7H2,1-4H3,(H,28,29)(H,33,34). The van der Waals surface area contributed by atoms with Crippen molar-refractivity contribution in [3.05, 3.63) is 47.1 Å². The topological polar surface area (TPSA) is 131 Å². The Balaban J connectivity index is 1.57. The number of carboxylic acid groups (broad SMARTS) is 1. The van der Waals surface area contributed by atoms with Gasteiger partial charge in [-0.1, -0.05) is 5.16 Å². The molecule has 4 aromatic heterocycles. The van der Waals surface area contributed by atoms with Gasteiger partial charge in [0, 0.05) is 35.0 Å². The molecule has 0 spiro atoms. The highest BCUT2D eigenvalue weighted by atomic mass is 16.5. The number of aromatic carboxylic acids is 1. The maximum atomic E-state index is 11.9. The Morgan fingerprint density at radius 1 is 1.25 bits per heavy atom. The molecule has 1 aliphatic rings. The van der Waals surface area contributed by atoms with Crippen LogP contribution in [-0.4, -0.2) is 43.1 Å². The Morgan fingerprint density at radius 3 is 2.69 bits per heavy atom. The molecular weight excluding hydrogens is 460 g/mol. The van der Waals surface area contributed by atoms with Gasteiger partial charge in [0.15, 0.2) is 5.69 Å². The summed E-state index contributed by atoms with van der Waals surface area (Å²) in [5.41, 5.74) is 4.94. The van der Waals surface area contributed by atoms with Gasteiger partial charge in [-0.3, -0.25) is 0 Å². The molecule has 1 aromatic carbocycles. The van der Waals surface area contributed by atoms with Crippen molar-refractivity contribution >= 4 is 39.4 Å². The van der Waals surface area contributed by atoms with Crippen molar-refractivity contribution in [1.82, 2.24) is 24.9 Å². The first kappa shape index (κ1) is 22.1. The molecule has 0 amide bonds. The van der Waals surface area contributed by atoms with E-state index >= 15 is 0 Å². The molecule has 3 N–H and O–H groups in total. The molecule has 0 atom stereocenters. The minimum atomic E-state index is -1.10. The maximum absolute atomic E-state index is 11.9. The predicted molar refractivity (Wildman–Crippen MR) is 135 cm³/mol. The van der Waals surface area contributed by atoms with Crippen molar-refractivity contribution in [2.75, 3.05) is 12.4 Å². The fraction of sp³-hybridized carbons (Fsp3) is 0.308. The quantitative estimate of drug-likeness (QED) is 0.274. The SMILES string of the molecule is CCn1nc(C2CC2)cc1Nc1nc(C(=O)O)cc2[nH]c3cc(-c4c(C)noc4C)c(OC)cc3c12. The lowest BCUT2D eigenvalue weighted by atomic mass is 10.0. The minimum absolute atomic E-state index is 0.0561. The Hall–Kier alpha value is -4.34. The Kier molecular flexibility index (Phi) is 4.99. The first-order chi connectivity index (χ1) is 17.4. The van der Waals surface area contributed by atoms with Crippen LogP contribution in [0.15, 0.2) is 28.8 Å². The van der Waals surface area contributed by atoms with E-state index in [0.29, 0.717) is 35.3 Å². The second kappa shape index (κ2) is 8.11. The van der Waals surface area contributed by atoms with E-state index in [9.17, 15) is 9.90 Å². The molecule has 5 aromatic rings. The van der Waals surface area contributed by atoms with Gasteiger partial charge in [0.1, 0.15) is 23.1 Å². The lowest BCUT2D eigenvalue weighted by molar-refractivity contribution is 0.0691. The number of carboxylic acids is 1. The highest BCUT2D eigenvalue weighted by molar-refractivity contribution is 6.15. The van der Waals surface area contributed by atoms with E-state index in [-0.39, 0.29) is 5.69 Å². The number of nitrogens with one attached hydrogen (secondary N) is 2. The number of hydrogen-bond donors (Lipinski definition) is 3. The lowest BCUT2D eigenvalue weighted by Crippen LogP contribution is -2.07. The average molecular weight is 487 g/mol. The van der Waals surface area contributed by atoms with Crippen LogP contribution < -0.4 is 10.1 Å². The highest BCUT2D eigenvalue weighted by Gasteiger charge is 2.28. The number of ether oxygens (including phenoxy) is 1. The van der Waals surface area contributed by atoms with E-state index in [1.54, 1.807) is 13.2 Å². The van der Waals surface area contributed by atoms with Crippen molar-refractivity contribution in [2.45, 2.75) is 46.1 Å². The number of benzene rings is 1. The molecule has 0 saturated heterocycles. The van der Waals surface area contributed by atoms with E-state index < -0.39 is 5.97 Å². The second-order valence-electron chi connectivity index (χ2n) is 9.18. The van der Waals surface area contributed by atoms with Crippen LogP contribution in [0.2, 0.25) is 0 Å². The minimum Gasteiger partial charge on any atom is -0.496 e. The summed E-state index contributed by atoms with van der Waals surface area (Å²) in [6.07, 6.45) is 2.29. The number of pyridine rings is 1. The number of nitrogens with zero attached hydrogens (tertiary/aromatic N) is 4. The zero-order valence-electron chi connectivity index (χ0n) is 20.5. The summed E-state index contributed by atoms with van der Waals surface area (Å²) in [5.74, 6) is 1.97. The van der Waals surface area contributed by atoms with Crippen molar-refractivity contribution in [2.24, 2.45) is 0 Å². The average Bonchev–Trinajstić information content (AvgIpc) is 3.41. The van der Waals surface area contributed by atoms with Gasteiger partial charge < -0.3 is 24.7 Å². The number of H-pyrrole nitrogens is 1. The molecule has 10 nitrogen and oxygen atoms in total. The first-order valence-electron chi connectivity index (χ1n) is 11.9. The predicted octanol–water partition coefficient (Wildman–Crippen LogP) is 5.53. The van der Waals surface area contributed by atoms with E-state index in [1.807, 2.05) is 43.7 Å². The van der Waals surface area contributed by atoms with E-state index in [4.69, 9.17) is 14.4 Å². The first-order valence-corrected chi connectivity index (χ1v) is 11.9. The number of anilines is 2. The van der Waals surface area contributed by atoms with E-state index in [2.05, 4.69) is 20.4 Å². The van der Waals surface area contributed by atoms with Crippen LogP contribution in [0.1, 0.15) is 53.3 Å². The van der Waals surface area contributed by atoms with Crippen LogP contribution in [0.5, 0.6) is 5.75 Å². The molecule has 0 bridgehead atoms. The molecule has 0 aliphatic heterocycles. The van der Waals surface area contributed by atoms with Gasteiger partial charge in [0.25, 0.3) is 0 Å². The van der Waals surface area contributed by atoms with Crippen molar-refractivity contribution in [1.29, 1.82) is 0 Å². The molecule has 0 radical (unpaired) electrons. The largest absolute Gasteiger partial charge is 0.496 e. The molecule has 1 saturated carbocycles. The third-order valence-corrected chi connectivity index (χ3v) is 6.76. The second-order valence-corrected chi connectivity index (χ2v) is 9.18. The van der Waals surface area contributed by atoms with Gasteiger partial charge in [-0.05, 0) is 51.8 Å². The summed E-state index contributed by atoms with van der Waals surface area (Å²) in [5, 5.41) is 23.6. The van der Waals surface area contributed by atoms with Gasteiger partial charge in [-0.25, -0.2) is 14.5 Å². The molecular formula is C26H26N6O4. The summed E-state index contributed by atoms with van der Waals surface area (Å²) in [4.78, 5) is 19.8. The van der Waals surface area contributed by atoms with Crippen LogP contribution in [0, 0.1) is 13.8 Å². The van der Waals surface area contributed by atoms with Crippen LogP contribution in [-0.2, 0) is 6.54 Å². The molecule has 184 valence electrons. The number of aromatic amines is 1. The fourth-order valence-electron chi connectivity index (χ4n) is 4.86. The molecule has 4 heterocycles. The number of aromatic nitrogens is 5. The van der Waals surface area contributed by atoms with E-state index in [1.165, 1.54) is 0 Å². The summed E-state index contributed by atoms with van der Waals surface area (Å²) in [6.45, 7) is 6.46. The van der Waals surface area contributed by atoms with Crippen molar-refractivity contribution in [3.63, 3.8) is 0 Å². The highest BCUT2D eigenvalue weighted by Crippen LogP contribution is 2.43. The summed E-state index contributed by atoms with van der Waals surface area (Å²) >= 11 is 0. The molecule has 6 rings (SSSR count). The number of aryl methyl sites for hydroxylation is 3. The zero-order chi connectivity index (χ0) is 25.1. The molecule has 1 fully saturated rings. The van der Waals surface area contributed by atoms with Crippen LogP contribution in [0.4, 0.5) is 11.6 Å². The monoisotopic (exact) mass is 486 g/mol. The van der Waals surface area contributed by atoms with Gasteiger partial charge in [-0.2, -0.15) is 5.10 Å². The molecule has 10 heteroatoms. The van der Waals surface area contributed by atoms with Crippen molar-refractivity contribution < 1.29 is 19.2 Å². The third-order valence-electron chi connectivity index (χ3n) is 6.76. The number of fused-ring (bicyclic) bond motifs is 3. The fourth-order valence-corrected chi connectivity index (χ4v) is 4.86. The van der Waals surface area contributed by atoms with E-state index in [0.717, 1.165) is 57.5 Å². The molecule has 36 heavy (non-hydrogen) atoms. The smallest absolute Gasteiger partial charge is 0.354 e. The normalized spacial score (nSPS) is 13.6. The summed E-state index contributed by atoms with van der Waals surface area (Å²) in [7, 11) is 1.62. The summed E-state index contributed by atoms with van der Waals surface area (Å²) < 4.78 is 13.0. The number of hydrogen-bond acceptors (Lipinski definition) is 7. The lowest BCUT2D eigenvalue weighted by Gasteiger charge is -2.11. The van der Waals surface area contributed by atoms with Crippen LogP contribution in [0.25, 0.3) is 32.9 Å². The number of carbonyl (C=O) groups is 1. The third kappa shape index (κ3) is 3.48. The number of methoxy groups -OCH3 is 1. The van der Waals surface area contributed by atoms with Crippen LogP contribution in [0.3, 0.4) is 0 Å². The van der Waals surface area contributed by atoms with Gasteiger partial charge in [0.2, 0.25) is 0 Å². The Morgan fingerprint density at radius 2 is 2.06 bits per heavy atom. The maximum Gasteiger partial charge on any atom is 0.354 e. The van der Waals surface area contributed by atoms with Crippen LogP contribution >= 0.6 is 0 Å². The molecule has 0 unspecified atom stereocenters. The number of rotatable bonds is 7. The van der Waals surface area contributed by atoms with Crippen molar-refractivity contribution in [3.8, 4) is 16.9 Å². The Bertz CT molecular complexity index is 1640. The zero-order valence-corrected chi connectivity index (χ0v) is 20.5. The molecule has 1 aliphatic carbocycles. The van der Waals surface area contributed by atoms with Gasteiger partial charge in [0.05, 0.1) is 35.0 Å². The summed E-state index contributed by atoms with van der Waals surface area (Å²) in [6, 6.07) is 7.51.